The van der Waals surface area contributed by atoms with Crippen LogP contribution in [0, 0.1) is 16.7 Å². The van der Waals surface area contributed by atoms with E-state index in [0.717, 1.165) is 6.42 Å². The quantitative estimate of drug-likeness (QED) is 0.804. The van der Waals surface area contributed by atoms with E-state index in [0.29, 0.717) is 18.4 Å². The number of hydrogen-bond donors (Lipinski definition) is 2. The van der Waals surface area contributed by atoms with Gasteiger partial charge in [-0.25, -0.2) is 8.42 Å². The molecule has 2 N–H and O–H groups in total. The van der Waals surface area contributed by atoms with Crippen molar-refractivity contribution in [2.45, 2.75) is 39.2 Å². The smallest absolute Gasteiger partial charge is 0.326 e. The predicted molar refractivity (Wildman–Crippen MR) is 92.3 cm³/mol. The second kappa shape index (κ2) is 5.92. The maximum absolute atomic E-state index is 12.8. The van der Waals surface area contributed by atoms with E-state index in [9.17, 15) is 23.1 Å². The first kappa shape index (κ1) is 18.1. The predicted octanol–water partition coefficient (Wildman–Crippen LogP) is 2.13. The molecule has 0 amide bonds. The Balaban J connectivity index is 1.87. The highest BCUT2D eigenvalue weighted by atomic mass is 32.2. The van der Waals surface area contributed by atoms with Gasteiger partial charge in [0.15, 0.2) is 0 Å². The van der Waals surface area contributed by atoms with Crippen LogP contribution in [0.1, 0.15) is 44.7 Å². The van der Waals surface area contributed by atoms with E-state index >= 15 is 0 Å². The summed E-state index contributed by atoms with van der Waals surface area (Å²) in [6, 6.07) is 6.81. The van der Waals surface area contributed by atoms with Crippen LogP contribution in [0.25, 0.3) is 0 Å². The number of ketones is 1. The number of rotatable bonds is 6. The third kappa shape index (κ3) is 2.89. The number of carboxylic acid groups (broad SMARTS) is 1. The van der Waals surface area contributed by atoms with Crippen molar-refractivity contribution in [3.8, 4) is 0 Å². The van der Waals surface area contributed by atoms with Crippen LogP contribution in [-0.4, -0.2) is 31.0 Å². The van der Waals surface area contributed by atoms with Gasteiger partial charge >= 0.3 is 5.97 Å². The molecule has 3 unspecified atom stereocenters. The summed E-state index contributed by atoms with van der Waals surface area (Å²) in [5.41, 5.74) is -0.939. The number of aliphatic carboxylic acids is 1. The van der Waals surface area contributed by atoms with E-state index in [-0.39, 0.29) is 22.9 Å². The number of fused-ring (bicyclic) bond motifs is 2. The summed E-state index contributed by atoms with van der Waals surface area (Å²) in [6.07, 6.45) is 1.81. The zero-order chi connectivity index (χ0) is 18.5. The van der Waals surface area contributed by atoms with Crippen LogP contribution in [0.5, 0.6) is 0 Å². The molecule has 2 aliphatic carbocycles. The molecule has 0 aromatic heterocycles. The van der Waals surface area contributed by atoms with Crippen LogP contribution in [0.4, 0.5) is 0 Å². The minimum atomic E-state index is -3.96. The molecule has 2 bridgehead atoms. The Bertz CT molecular complexity index is 802. The van der Waals surface area contributed by atoms with E-state index < -0.39 is 27.4 Å². The Morgan fingerprint density at radius 2 is 1.96 bits per heavy atom. The molecule has 0 radical (unpaired) electrons. The first-order chi connectivity index (χ1) is 11.6. The first-order valence-electron chi connectivity index (χ1n) is 8.40. The summed E-state index contributed by atoms with van der Waals surface area (Å²) in [6.45, 7) is 3.91. The van der Waals surface area contributed by atoms with Crippen molar-refractivity contribution in [2.24, 2.45) is 16.7 Å². The van der Waals surface area contributed by atoms with Crippen molar-refractivity contribution in [1.82, 2.24) is 4.72 Å². The summed E-state index contributed by atoms with van der Waals surface area (Å²) in [5.74, 6) is -1.42. The molecule has 0 aliphatic heterocycles. The van der Waals surface area contributed by atoms with Crippen LogP contribution in [0.2, 0.25) is 0 Å². The number of carbonyl (C=O) groups is 2. The van der Waals surface area contributed by atoms with Gasteiger partial charge in [0.05, 0.1) is 5.75 Å². The highest BCUT2D eigenvalue weighted by molar-refractivity contribution is 7.89. The number of Topliss-reactive ketones (excluding diaryl/α,β-unsaturated/α-hetero) is 1. The van der Waals surface area contributed by atoms with E-state index in [1.807, 2.05) is 13.8 Å². The molecule has 2 aliphatic rings. The lowest BCUT2D eigenvalue weighted by Gasteiger charge is -2.36. The SMILES string of the molecule is CC1(C)C2CCC1(CS(=O)(=O)NC(C(=O)O)c1ccccc1)C(=O)C2. The number of benzene rings is 1. The van der Waals surface area contributed by atoms with Crippen LogP contribution >= 0.6 is 0 Å². The average molecular weight is 365 g/mol. The third-order valence-corrected chi connectivity index (χ3v) is 7.72. The maximum Gasteiger partial charge on any atom is 0.326 e. The standard InChI is InChI=1S/C18H23NO5S/c1-17(2)13-8-9-18(17,14(20)10-13)11-25(23,24)19-15(16(21)22)12-6-4-3-5-7-12/h3-7,13,15,19H,8-11H2,1-2H3,(H,21,22). The van der Waals surface area contributed by atoms with E-state index in [2.05, 4.69) is 4.72 Å². The van der Waals surface area contributed by atoms with Crippen molar-refractivity contribution < 1.29 is 23.1 Å². The highest BCUT2D eigenvalue weighted by Gasteiger charge is 2.65. The molecular weight excluding hydrogens is 342 g/mol. The summed E-state index contributed by atoms with van der Waals surface area (Å²) in [7, 11) is -3.96. The summed E-state index contributed by atoms with van der Waals surface area (Å²) in [4.78, 5) is 24.1. The topological polar surface area (TPSA) is 101 Å². The molecule has 136 valence electrons. The molecule has 1 aromatic rings. The third-order valence-electron chi connectivity index (χ3n) is 6.25. The lowest BCUT2D eigenvalue weighted by Crippen LogP contribution is -2.46. The molecule has 2 saturated carbocycles. The van der Waals surface area contributed by atoms with Gasteiger partial charge < -0.3 is 5.11 Å². The summed E-state index contributed by atoms with van der Waals surface area (Å²) >= 11 is 0. The molecule has 25 heavy (non-hydrogen) atoms. The molecule has 1 aromatic carbocycles. The van der Waals surface area contributed by atoms with Crippen LogP contribution in [0.3, 0.4) is 0 Å². The van der Waals surface area contributed by atoms with Crippen LogP contribution in [-0.2, 0) is 19.6 Å². The molecular formula is C18H23NO5S. The number of hydrogen-bond acceptors (Lipinski definition) is 4. The van der Waals surface area contributed by atoms with Crippen molar-refractivity contribution >= 4 is 21.8 Å². The van der Waals surface area contributed by atoms with Gasteiger partial charge in [-0.3, -0.25) is 9.59 Å². The fraction of sp³-hybridized carbons (Fsp3) is 0.556. The van der Waals surface area contributed by atoms with Crippen LogP contribution in [0.15, 0.2) is 30.3 Å². The molecule has 3 atom stereocenters. The molecule has 0 heterocycles. The molecule has 0 saturated heterocycles. The van der Waals surface area contributed by atoms with Gasteiger partial charge in [-0.05, 0) is 29.7 Å². The second-order valence-electron chi connectivity index (χ2n) is 7.73. The number of nitrogens with one attached hydrogen (secondary N) is 1. The summed E-state index contributed by atoms with van der Waals surface area (Å²) < 4.78 is 27.8. The lowest BCUT2D eigenvalue weighted by molar-refractivity contribution is -0.139. The molecule has 2 fully saturated rings. The minimum Gasteiger partial charge on any atom is -0.480 e. The van der Waals surface area contributed by atoms with Gasteiger partial charge in [-0.2, -0.15) is 4.72 Å². The molecule has 6 nitrogen and oxygen atoms in total. The average Bonchev–Trinajstić information content (AvgIpc) is 2.87. The first-order valence-corrected chi connectivity index (χ1v) is 10.1. The summed E-state index contributed by atoms with van der Waals surface area (Å²) in [5, 5.41) is 9.44. The largest absolute Gasteiger partial charge is 0.480 e. The van der Waals surface area contributed by atoms with Gasteiger partial charge in [-0.15, -0.1) is 0 Å². The van der Waals surface area contributed by atoms with Gasteiger partial charge in [0.1, 0.15) is 11.8 Å². The van der Waals surface area contributed by atoms with Gasteiger partial charge in [0.25, 0.3) is 0 Å². The Labute approximate surface area is 147 Å². The molecule has 3 rings (SSSR count). The van der Waals surface area contributed by atoms with Crippen molar-refractivity contribution in [2.75, 3.05) is 5.75 Å². The zero-order valence-corrected chi connectivity index (χ0v) is 15.2. The molecule has 0 spiro atoms. The van der Waals surface area contributed by atoms with Crippen LogP contribution < -0.4 is 4.72 Å². The van der Waals surface area contributed by atoms with E-state index in [1.165, 1.54) is 0 Å². The Morgan fingerprint density at radius 3 is 2.44 bits per heavy atom. The zero-order valence-electron chi connectivity index (χ0n) is 14.4. The van der Waals surface area contributed by atoms with Gasteiger partial charge in [-0.1, -0.05) is 44.2 Å². The van der Waals surface area contributed by atoms with Crippen molar-refractivity contribution in [1.29, 1.82) is 0 Å². The Kier molecular flexibility index (Phi) is 4.28. The second-order valence-corrected chi connectivity index (χ2v) is 9.48. The van der Waals surface area contributed by atoms with E-state index in [1.54, 1.807) is 30.3 Å². The van der Waals surface area contributed by atoms with Crippen molar-refractivity contribution in [3.05, 3.63) is 35.9 Å². The highest BCUT2D eigenvalue weighted by Crippen LogP contribution is 2.64. The van der Waals surface area contributed by atoms with E-state index in [4.69, 9.17) is 0 Å². The molecule has 7 heteroatoms. The fourth-order valence-electron chi connectivity index (χ4n) is 4.56. The monoisotopic (exact) mass is 365 g/mol. The lowest BCUT2D eigenvalue weighted by atomic mass is 9.70. The number of carboxylic acids is 1. The normalized spacial score (nSPS) is 28.9. The number of sulfonamides is 1. The van der Waals surface area contributed by atoms with Gasteiger partial charge in [0, 0.05) is 11.8 Å². The number of carbonyl (C=O) groups excluding carboxylic acids is 1. The Hall–Kier alpha value is -1.73. The maximum atomic E-state index is 12.8. The minimum absolute atomic E-state index is 0.00860. The van der Waals surface area contributed by atoms with Crippen molar-refractivity contribution in [3.63, 3.8) is 0 Å². The Morgan fingerprint density at radius 1 is 1.32 bits per heavy atom. The fourth-order valence-corrected chi connectivity index (χ4v) is 6.57. The van der Waals surface area contributed by atoms with Gasteiger partial charge in [0.2, 0.25) is 10.0 Å².